The van der Waals surface area contributed by atoms with Crippen molar-refractivity contribution in [1.29, 1.82) is 0 Å². The lowest BCUT2D eigenvalue weighted by molar-refractivity contribution is -0.121. The zero-order chi connectivity index (χ0) is 17.4. The summed E-state index contributed by atoms with van der Waals surface area (Å²) in [6.45, 7) is 3.05. The zero-order valence-electron chi connectivity index (χ0n) is 14.0. The number of carbonyl (C=O) groups excluding carboxylic acids is 2. The van der Waals surface area contributed by atoms with E-state index in [1.807, 2.05) is 37.3 Å². The van der Waals surface area contributed by atoms with E-state index in [9.17, 15) is 9.59 Å². The van der Waals surface area contributed by atoms with Crippen LogP contribution in [-0.2, 0) is 16.1 Å². The van der Waals surface area contributed by atoms with Gasteiger partial charge in [0.05, 0.1) is 12.7 Å². The number of amides is 1. The molecule has 0 radical (unpaired) electrons. The lowest BCUT2D eigenvalue weighted by atomic mass is 10.1. The Labute approximate surface area is 142 Å². The van der Waals surface area contributed by atoms with Crippen LogP contribution < -0.4 is 10.6 Å². The molecule has 24 heavy (non-hydrogen) atoms. The van der Waals surface area contributed by atoms with Crippen LogP contribution in [0, 0.1) is 6.92 Å². The van der Waals surface area contributed by atoms with Crippen LogP contribution in [0.1, 0.15) is 27.9 Å². The molecular weight excluding hydrogens is 304 g/mol. The number of anilines is 1. The highest BCUT2D eigenvalue weighted by Crippen LogP contribution is 2.11. The second-order valence-electron chi connectivity index (χ2n) is 5.51. The van der Waals surface area contributed by atoms with Crippen LogP contribution in [0.25, 0.3) is 0 Å². The first-order chi connectivity index (χ1) is 11.6. The minimum Gasteiger partial charge on any atom is -0.465 e. The Morgan fingerprint density at radius 3 is 2.54 bits per heavy atom. The van der Waals surface area contributed by atoms with Gasteiger partial charge in [-0.3, -0.25) is 4.79 Å². The number of ether oxygens (including phenoxy) is 1. The van der Waals surface area contributed by atoms with E-state index in [2.05, 4.69) is 15.4 Å². The summed E-state index contributed by atoms with van der Waals surface area (Å²) in [7, 11) is 1.35. The van der Waals surface area contributed by atoms with Crippen molar-refractivity contribution in [2.24, 2.45) is 0 Å². The van der Waals surface area contributed by atoms with Crippen LogP contribution in [0.5, 0.6) is 0 Å². The largest absolute Gasteiger partial charge is 0.465 e. The summed E-state index contributed by atoms with van der Waals surface area (Å²) in [6, 6.07) is 15.1. The van der Waals surface area contributed by atoms with E-state index >= 15 is 0 Å². The summed E-state index contributed by atoms with van der Waals surface area (Å²) in [5, 5.41) is 6.02. The first-order valence-corrected chi connectivity index (χ1v) is 7.83. The van der Waals surface area contributed by atoms with Crippen LogP contribution in [0.2, 0.25) is 0 Å². The Kier molecular flexibility index (Phi) is 6.37. The van der Waals surface area contributed by atoms with E-state index in [0.717, 1.165) is 11.3 Å². The minimum atomic E-state index is -0.380. The summed E-state index contributed by atoms with van der Waals surface area (Å²) >= 11 is 0. The first kappa shape index (κ1) is 17.5. The van der Waals surface area contributed by atoms with Gasteiger partial charge in [0, 0.05) is 25.2 Å². The van der Waals surface area contributed by atoms with Crippen LogP contribution in [0.3, 0.4) is 0 Å². The summed E-state index contributed by atoms with van der Waals surface area (Å²) < 4.78 is 4.68. The Bertz CT molecular complexity index is 696. The van der Waals surface area contributed by atoms with Gasteiger partial charge in [-0.05, 0) is 30.7 Å². The van der Waals surface area contributed by atoms with Crippen molar-refractivity contribution < 1.29 is 14.3 Å². The number of rotatable bonds is 7. The highest BCUT2D eigenvalue weighted by atomic mass is 16.5. The molecule has 0 aliphatic heterocycles. The SMILES string of the molecule is COC(=O)c1cccc(NCCC(=O)NCc2ccc(C)cc2)c1. The molecule has 2 aromatic rings. The van der Waals surface area contributed by atoms with Gasteiger partial charge in [0.2, 0.25) is 5.91 Å². The van der Waals surface area contributed by atoms with Crippen LogP contribution >= 0.6 is 0 Å². The average molecular weight is 326 g/mol. The van der Waals surface area contributed by atoms with Crippen molar-refractivity contribution >= 4 is 17.6 Å². The maximum absolute atomic E-state index is 11.9. The van der Waals surface area contributed by atoms with E-state index in [1.165, 1.54) is 12.7 Å². The number of benzene rings is 2. The minimum absolute atomic E-state index is 0.0211. The van der Waals surface area contributed by atoms with Gasteiger partial charge in [-0.1, -0.05) is 35.9 Å². The van der Waals surface area contributed by atoms with Crippen molar-refractivity contribution in [3.63, 3.8) is 0 Å². The van der Waals surface area contributed by atoms with E-state index < -0.39 is 0 Å². The molecule has 0 aromatic heterocycles. The van der Waals surface area contributed by atoms with Crippen LogP contribution in [-0.4, -0.2) is 25.5 Å². The van der Waals surface area contributed by atoms with E-state index in [-0.39, 0.29) is 11.9 Å². The second kappa shape index (κ2) is 8.72. The molecule has 2 rings (SSSR count). The molecule has 5 nitrogen and oxygen atoms in total. The highest BCUT2D eigenvalue weighted by molar-refractivity contribution is 5.90. The number of aryl methyl sites for hydroxylation is 1. The van der Waals surface area contributed by atoms with Gasteiger partial charge in [-0.2, -0.15) is 0 Å². The number of hydrogen-bond acceptors (Lipinski definition) is 4. The predicted octanol–water partition coefficient (Wildman–Crippen LogP) is 2.90. The molecule has 126 valence electrons. The van der Waals surface area contributed by atoms with E-state index in [1.54, 1.807) is 18.2 Å². The average Bonchev–Trinajstić information content (AvgIpc) is 2.61. The molecule has 2 aromatic carbocycles. The van der Waals surface area contributed by atoms with Crippen LogP contribution in [0.4, 0.5) is 5.69 Å². The predicted molar refractivity (Wildman–Crippen MR) is 93.9 cm³/mol. The van der Waals surface area contributed by atoms with Gasteiger partial charge < -0.3 is 15.4 Å². The molecule has 0 atom stereocenters. The molecule has 5 heteroatoms. The van der Waals surface area contributed by atoms with E-state index in [0.29, 0.717) is 25.1 Å². The van der Waals surface area contributed by atoms with Crippen molar-refractivity contribution in [3.8, 4) is 0 Å². The summed E-state index contributed by atoms with van der Waals surface area (Å²) in [6.07, 6.45) is 0.355. The smallest absolute Gasteiger partial charge is 0.337 e. The molecule has 2 N–H and O–H groups in total. The van der Waals surface area contributed by atoms with Gasteiger partial charge in [0.1, 0.15) is 0 Å². The first-order valence-electron chi connectivity index (χ1n) is 7.83. The number of nitrogens with one attached hydrogen (secondary N) is 2. The molecule has 0 heterocycles. The Balaban J connectivity index is 1.74. The Morgan fingerprint density at radius 1 is 1.08 bits per heavy atom. The Hall–Kier alpha value is -2.82. The molecule has 0 aliphatic rings. The molecule has 0 saturated carbocycles. The molecule has 1 amide bonds. The Morgan fingerprint density at radius 2 is 1.83 bits per heavy atom. The lowest BCUT2D eigenvalue weighted by Crippen LogP contribution is -2.24. The summed E-state index contributed by atoms with van der Waals surface area (Å²) in [4.78, 5) is 23.3. The third-order valence-corrected chi connectivity index (χ3v) is 3.58. The fraction of sp³-hybridized carbons (Fsp3) is 0.263. The van der Waals surface area contributed by atoms with Gasteiger partial charge in [-0.15, -0.1) is 0 Å². The monoisotopic (exact) mass is 326 g/mol. The van der Waals surface area contributed by atoms with Crippen molar-refractivity contribution in [2.75, 3.05) is 19.0 Å². The summed E-state index contributed by atoms with van der Waals surface area (Å²) in [5.74, 6) is -0.401. The normalized spacial score (nSPS) is 10.1. The molecule has 0 aliphatic carbocycles. The molecular formula is C19H22N2O3. The third kappa shape index (κ3) is 5.43. The zero-order valence-corrected chi connectivity index (χ0v) is 14.0. The van der Waals surface area contributed by atoms with Crippen molar-refractivity contribution in [1.82, 2.24) is 5.32 Å². The van der Waals surface area contributed by atoms with Gasteiger partial charge in [0.15, 0.2) is 0 Å². The van der Waals surface area contributed by atoms with Crippen molar-refractivity contribution in [3.05, 3.63) is 65.2 Å². The number of methoxy groups -OCH3 is 1. The summed E-state index contributed by atoms with van der Waals surface area (Å²) in [5.41, 5.74) is 3.53. The second-order valence-corrected chi connectivity index (χ2v) is 5.51. The fourth-order valence-corrected chi connectivity index (χ4v) is 2.19. The van der Waals surface area contributed by atoms with Crippen LogP contribution in [0.15, 0.2) is 48.5 Å². The standard InChI is InChI=1S/C19H22N2O3/c1-14-6-8-15(9-7-14)13-21-18(22)10-11-20-17-5-3-4-16(12-17)19(23)24-2/h3-9,12,20H,10-11,13H2,1-2H3,(H,21,22). The topological polar surface area (TPSA) is 67.4 Å². The van der Waals surface area contributed by atoms with Gasteiger partial charge in [-0.25, -0.2) is 4.79 Å². The van der Waals surface area contributed by atoms with Gasteiger partial charge >= 0.3 is 5.97 Å². The number of esters is 1. The molecule has 0 fully saturated rings. The maximum atomic E-state index is 11.9. The van der Waals surface area contributed by atoms with E-state index in [4.69, 9.17) is 0 Å². The quantitative estimate of drug-likeness (QED) is 0.768. The fourth-order valence-electron chi connectivity index (χ4n) is 2.19. The molecule has 0 saturated heterocycles. The number of hydrogen-bond donors (Lipinski definition) is 2. The maximum Gasteiger partial charge on any atom is 0.337 e. The van der Waals surface area contributed by atoms with Crippen molar-refractivity contribution in [2.45, 2.75) is 19.9 Å². The van der Waals surface area contributed by atoms with Gasteiger partial charge in [0.25, 0.3) is 0 Å². The highest BCUT2D eigenvalue weighted by Gasteiger charge is 2.06. The molecule has 0 bridgehead atoms. The lowest BCUT2D eigenvalue weighted by Gasteiger charge is -2.09. The number of carbonyl (C=O) groups is 2. The molecule has 0 unspecified atom stereocenters. The molecule has 0 spiro atoms. The third-order valence-electron chi connectivity index (χ3n) is 3.58.